The minimum Gasteiger partial charge on any atom is -0.399 e. The standard InChI is InChI=1S/C12H18N2O2S2/c1-18(15,16)8-2-5-14-6-7-17-12-4-3-10(13)9-11(12)14/h3-4,9H,2,5-8,13H2,1H3. The van der Waals surface area contributed by atoms with E-state index in [9.17, 15) is 8.42 Å². The van der Waals surface area contributed by atoms with Crippen molar-refractivity contribution in [3.63, 3.8) is 0 Å². The molecule has 1 aromatic carbocycles. The Labute approximate surface area is 112 Å². The van der Waals surface area contributed by atoms with Gasteiger partial charge in [0.2, 0.25) is 0 Å². The van der Waals surface area contributed by atoms with E-state index in [2.05, 4.69) is 4.90 Å². The molecule has 1 aliphatic heterocycles. The topological polar surface area (TPSA) is 63.4 Å². The molecule has 0 saturated carbocycles. The van der Waals surface area contributed by atoms with Crippen molar-refractivity contribution < 1.29 is 8.42 Å². The van der Waals surface area contributed by atoms with Gasteiger partial charge in [0, 0.05) is 35.7 Å². The number of nitrogens with zero attached hydrogens (tertiary/aromatic N) is 1. The van der Waals surface area contributed by atoms with Crippen molar-refractivity contribution in [1.82, 2.24) is 0 Å². The van der Waals surface area contributed by atoms with Crippen LogP contribution >= 0.6 is 11.8 Å². The number of hydrogen-bond donors (Lipinski definition) is 1. The third kappa shape index (κ3) is 3.55. The molecule has 0 fully saturated rings. The summed E-state index contributed by atoms with van der Waals surface area (Å²) in [6.45, 7) is 1.72. The van der Waals surface area contributed by atoms with Gasteiger partial charge >= 0.3 is 0 Å². The largest absolute Gasteiger partial charge is 0.399 e. The molecule has 0 bridgehead atoms. The molecule has 0 radical (unpaired) electrons. The first kappa shape index (κ1) is 13.5. The maximum atomic E-state index is 11.1. The normalized spacial score (nSPS) is 15.5. The number of thioether (sulfide) groups is 1. The lowest BCUT2D eigenvalue weighted by molar-refractivity contribution is 0.598. The van der Waals surface area contributed by atoms with Crippen molar-refractivity contribution >= 4 is 33.0 Å². The molecule has 0 atom stereocenters. The smallest absolute Gasteiger partial charge is 0.147 e. The van der Waals surface area contributed by atoms with Gasteiger partial charge in [0.05, 0.1) is 11.4 Å². The van der Waals surface area contributed by atoms with Crippen molar-refractivity contribution in [1.29, 1.82) is 0 Å². The Morgan fingerprint density at radius 1 is 1.44 bits per heavy atom. The van der Waals surface area contributed by atoms with Crippen molar-refractivity contribution in [3.05, 3.63) is 18.2 Å². The van der Waals surface area contributed by atoms with E-state index in [1.807, 2.05) is 30.0 Å². The zero-order valence-electron chi connectivity index (χ0n) is 10.4. The fraction of sp³-hybridized carbons (Fsp3) is 0.500. The van der Waals surface area contributed by atoms with Crippen molar-refractivity contribution in [3.8, 4) is 0 Å². The predicted octanol–water partition coefficient (Wildman–Crippen LogP) is 1.62. The Kier molecular flexibility index (Phi) is 4.07. The average Bonchev–Trinajstić information content (AvgIpc) is 2.28. The molecule has 4 nitrogen and oxygen atoms in total. The number of nitrogens with two attached hydrogens (primary N) is 1. The first-order chi connectivity index (χ1) is 8.46. The van der Waals surface area contributed by atoms with Crippen LogP contribution < -0.4 is 10.6 Å². The summed E-state index contributed by atoms with van der Waals surface area (Å²) in [5, 5.41) is 0. The number of fused-ring (bicyclic) bond motifs is 1. The highest BCUT2D eigenvalue weighted by molar-refractivity contribution is 7.99. The molecule has 2 N–H and O–H groups in total. The number of nitrogen functional groups attached to an aromatic ring is 1. The van der Waals surface area contributed by atoms with Gasteiger partial charge in [0.15, 0.2) is 0 Å². The Hall–Kier alpha value is -0.880. The summed E-state index contributed by atoms with van der Waals surface area (Å²) in [6, 6.07) is 5.92. The van der Waals surface area contributed by atoms with Crippen LogP contribution in [0.15, 0.2) is 23.1 Å². The van der Waals surface area contributed by atoms with Crippen molar-refractivity contribution in [2.45, 2.75) is 11.3 Å². The van der Waals surface area contributed by atoms with Gasteiger partial charge in [-0.05, 0) is 24.6 Å². The Balaban J connectivity index is 2.05. The lowest BCUT2D eigenvalue weighted by atomic mass is 10.2. The van der Waals surface area contributed by atoms with E-state index in [1.165, 1.54) is 11.2 Å². The molecular weight excluding hydrogens is 268 g/mol. The first-order valence-electron chi connectivity index (χ1n) is 5.91. The van der Waals surface area contributed by atoms with Crippen LogP contribution in [0, 0.1) is 0 Å². The van der Waals surface area contributed by atoms with E-state index >= 15 is 0 Å². The summed E-state index contributed by atoms with van der Waals surface area (Å²) in [5.41, 5.74) is 7.70. The number of anilines is 2. The molecule has 6 heteroatoms. The molecule has 0 spiro atoms. The second-order valence-corrected chi connectivity index (χ2v) is 7.94. The third-order valence-electron chi connectivity index (χ3n) is 2.89. The molecular formula is C12H18N2O2S2. The van der Waals surface area contributed by atoms with Gasteiger partial charge in [-0.1, -0.05) is 0 Å². The van der Waals surface area contributed by atoms with E-state index in [4.69, 9.17) is 5.73 Å². The molecule has 0 saturated heterocycles. The van der Waals surface area contributed by atoms with Crippen LogP contribution in [0.1, 0.15) is 6.42 Å². The van der Waals surface area contributed by atoms with Gasteiger partial charge in [-0.25, -0.2) is 8.42 Å². The fourth-order valence-corrected chi connectivity index (χ4v) is 3.72. The second kappa shape index (κ2) is 5.40. The van der Waals surface area contributed by atoms with Crippen LogP contribution in [0.3, 0.4) is 0 Å². The number of rotatable bonds is 4. The Morgan fingerprint density at radius 3 is 2.94 bits per heavy atom. The summed E-state index contributed by atoms with van der Waals surface area (Å²) in [6.07, 6.45) is 1.95. The van der Waals surface area contributed by atoms with E-state index < -0.39 is 9.84 Å². The summed E-state index contributed by atoms with van der Waals surface area (Å²) >= 11 is 1.82. The molecule has 1 aliphatic rings. The van der Waals surface area contributed by atoms with Gasteiger partial charge in [0.1, 0.15) is 9.84 Å². The van der Waals surface area contributed by atoms with Crippen LogP contribution in [-0.4, -0.2) is 39.3 Å². The lowest BCUT2D eigenvalue weighted by Gasteiger charge is -2.31. The molecule has 0 aromatic heterocycles. The predicted molar refractivity (Wildman–Crippen MR) is 78.1 cm³/mol. The molecule has 0 amide bonds. The maximum Gasteiger partial charge on any atom is 0.147 e. The minimum atomic E-state index is -2.87. The van der Waals surface area contributed by atoms with Crippen molar-refractivity contribution in [2.24, 2.45) is 0 Å². The minimum absolute atomic E-state index is 0.244. The second-order valence-electron chi connectivity index (χ2n) is 4.55. The highest BCUT2D eigenvalue weighted by Gasteiger charge is 2.17. The highest BCUT2D eigenvalue weighted by atomic mass is 32.2. The van der Waals surface area contributed by atoms with Gasteiger partial charge in [-0.3, -0.25) is 0 Å². The molecule has 18 heavy (non-hydrogen) atoms. The number of benzene rings is 1. The summed E-state index contributed by atoms with van der Waals surface area (Å²) in [7, 11) is -2.87. The van der Waals surface area contributed by atoms with Gasteiger partial charge < -0.3 is 10.6 Å². The quantitative estimate of drug-likeness (QED) is 0.852. The first-order valence-corrected chi connectivity index (χ1v) is 8.95. The zero-order chi connectivity index (χ0) is 13.2. The third-order valence-corrected chi connectivity index (χ3v) is 4.96. The Morgan fingerprint density at radius 2 is 2.22 bits per heavy atom. The molecule has 1 aromatic rings. The fourth-order valence-electron chi connectivity index (χ4n) is 2.04. The van der Waals surface area contributed by atoms with E-state index in [0.29, 0.717) is 6.42 Å². The van der Waals surface area contributed by atoms with Crippen LogP contribution in [0.4, 0.5) is 11.4 Å². The van der Waals surface area contributed by atoms with Crippen molar-refractivity contribution in [2.75, 3.05) is 41.5 Å². The maximum absolute atomic E-state index is 11.1. The average molecular weight is 286 g/mol. The Bertz CT molecular complexity index is 529. The molecule has 100 valence electrons. The van der Waals surface area contributed by atoms with Crippen LogP contribution in [0.5, 0.6) is 0 Å². The summed E-state index contributed by atoms with van der Waals surface area (Å²) < 4.78 is 22.3. The molecule has 1 heterocycles. The monoisotopic (exact) mass is 286 g/mol. The van der Waals surface area contributed by atoms with E-state index in [0.717, 1.165) is 30.2 Å². The van der Waals surface area contributed by atoms with Crippen LogP contribution in [0.25, 0.3) is 0 Å². The SMILES string of the molecule is CS(=O)(=O)CCCN1CCSc2ccc(N)cc21. The van der Waals surface area contributed by atoms with Gasteiger partial charge in [-0.15, -0.1) is 11.8 Å². The van der Waals surface area contributed by atoms with Crippen LogP contribution in [-0.2, 0) is 9.84 Å². The highest BCUT2D eigenvalue weighted by Crippen LogP contribution is 2.35. The zero-order valence-corrected chi connectivity index (χ0v) is 12.1. The van der Waals surface area contributed by atoms with Gasteiger partial charge in [-0.2, -0.15) is 0 Å². The lowest BCUT2D eigenvalue weighted by Crippen LogP contribution is -2.31. The molecule has 2 rings (SSSR count). The molecule has 0 aliphatic carbocycles. The van der Waals surface area contributed by atoms with E-state index in [-0.39, 0.29) is 5.75 Å². The van der Waals surface area contributed by atoms with Gasteiger partial charge in [0.25, 0.3) is 0 Å². The summed E-state index contributed by atoms with van der Waals surface area (Å²) in [4.78, 5) is 3.46. The molecule has 0 unspecified atom stereocenters. The summed E-state index contributed by atoms with van der Waals surface area (Å²) in [5.74, 6) is 1.28. The van der Waals surface area contributed by atoms with Crippen LogP contribution in [0.2, 0.25) is 0 Å². The number of sulfone groups is 1. The number of hydrogen-bond acceptors (Lipinski definition) is 5. The van der Waals surface area contributed by atoms with E-state index in [1.54, 1.807) is 0 Å².